The second kappa shape index (κ2) is 5.58. The van der Waals surface area contributed by atoms with Crippen molar-refractivity contribution in [3.05, 3.63) is 57.7 Å². The highest BCUT2D eigenvalue weighted by molar-refractivity contribution is 14.1. The Labute approximate surface area is 137 Å². The zero-order valence-corrected chi connectivity index (χ0v) is 14.1. The topological polar surface area (TPSA) is 57.6 Å². The van der Waals surface area contributed by atoms with Crippen molar-refractivity contribution in [3.63, 3.8) is 0 Å². The van der Waals surface area contributed by atoms with Crippen molar-refractivity contribution in [2.75, 3.05) is 17.5 Å². The third-order valence-corrected chi connectivity index (χ3v) is 6.38. The van der Waals surface area contributed by atoms with Crippen molar-refractivity contribution in [1.82, 2.24) is 0 Å². The molecule has 0 fully saturated rings. The fourth-order valence-electron chi connectivity index (χ4n) is 2.63. The summed E-state index contributed by atoms with van der Waals surface area (Å²) in [6.45, 7) is 0.219. The smallest absolute Gasteiger partial charge is 0.264 e. The van der Waals surface area contributed by atoms with E-state index < -0.39 is 10.0 Å². The number of hydrogen-bond acceptors (Lipinski definition) is 3. The first kappa shape index (κ1) is 14.8. The highest BCUT2D eigenvalue weighted by Gasteiger charge is 2.37. The Morgan fingerprint density at radius 2 is 1.86 bits per heavy atom. The average molecular weight is 415 g/mol. The van der Waals surface area contributed by atoms with Crippen LogP contribution in [0.2, 0.25) is 0 Å². The summed E-state index contributed by atoms with van der Waals surface area (Å²) >= 11 is 2.18. The van der Waals surface area contributed by atoms with E-state index in [9.17, 15) is 13.5 Å². The molecule has 2 aromatic rings. The van der Waals surface area contributed by atoms with Gasteiger partial charge in [0.05, 0.1) is 17.2 Å². The molecule has 0 bridgehead atoms. The van der Waals surface area contributed by atoms with Gasteiger partial charge in [-0.15, -0.1) is 0 Å². The molecule has 4 nitrogen and oxygen atoms in total. The average Bonchev–Trinajstić information content (AvgIpc) is 2.89. The molecule has 1 N–H and O–H groups in total. The predicted octanol–water partition coefficient (Wildman–Crippen LogP) is 2.58. The molecule has 1 heterocycles. The van der Waals surface area contributed by atoms with Crippen LogP contribution in [0, 0.1) is 3.57 Å². The van der Waals surface area contributed by atoms with Crippen LogP contribution in [0.4, 0.5) is 5.69 Å². The van der Waals surface area contributed by atoms with Crippen LogP contribution in [-0.2, 0) is 10.0 Å². The quantitative estimate of drug-likeness (QED) is 0.785. The number of hydrogen-bond donors (Lipinski definition) is 1. The minimum absolute atomic E-state index is 0.0617. The predicted molar refractivity (Wildman–Crippen MR) is 90.0 cm³/mol. The van der Waals surface area contributed by atoms with Gasteiger partial charge < -0.3 is 5.11 Å². The number of aliphatic hydroxyl groups is 1. The summed E-state index contributed by atoms with van der Waals surface area (Å²) < 4.78 is 28.0. The normalized spacial score (nSPS) is 17.8. The van der Waals surface area contributed by atoms with Crippen LogP contribution >= 0.6 is 22.6 Å². The summed E-state index contributed by atoms with van der Waals surface area (Å²) in [6.07, 6.45) is 0. The molecular formula is C15H14INO3S. The molecule has 110 valence electrons. The van der Waals surface area contributed by atoms with Crippen LogP contribution in [0.15, 0.2) is 53.4 Å². The molecule has 0 aromatic heterocycles. The number of fused-ring (bicyclic) bond motifs is 1. The highest BCUT2D eigenvalue weighted by atomic mass is 127. The van der Waals surface area contributed by atoms with E-state index in [1.807, 2.05) is 12.1 Å². The monoisotopic (exact) mass is 415 g/mol. The fourth-order valence-corrected chi connectivity index (χ4v) is 5.11. The lowest BCUT2D eigenvalue weighted by Crippen LogP contribution is -2.30. The number of sulfonamides is 1. The van der Waals surface area contributed by atoms with Gasteiger partial charge in [0.1, 0.15) is 0 Å². The number of benzene rings is 2. The molecule has 21 heavy (non-hydrogen) atoms. The molecule has 0 saturated heterocycles. The number of nitrogens with zero attached hydrogens (tertiary/aromatic N) is 1. The van der Waals surface area contributed by atoms with E-state index in [1.165, 1.54) is 4.31 Å². The standard InChI is InChI=1S/C15H14INO3S/c16-13-7-4-8-14-15(13)11(10-18)9-17(14)21(19,20)12-5-2-1-3-6-12/h1-8,11,18H,9-10H2. The maximum Gasteiger partial charge on any atom is 0.264 e. The molecule has 6 heteroatoms. The Morgan fingerprint density at radius 1 is 1.14 bits per heavy atom. The van der Waals surface area contributed by atoms with Crippen molar-refractivity contribution in [2.45, 2.75) is 10.8 Å². The summed E-state index contributed by atoms with van der Waals surface area (Å²) in [4.78, 5) is 0.272. The Morgan fingerprint density at radius 3 is 2.52 bits per heavy atom. The minimum Gasteiger partial charge on any atom is -0.396 e. The van der Waals surface area contributed by atoms with Gasteiger partial charge in [0, 0.05) is 16.0 Å². The van der Waals surface area contributed by atoms with Gasteiger partial charge in [0.2, 0.25) is 0 Å². The maximum atomic E-state index is 12.8. The SMILES string of the molecule is O=S(=O)(c1ccccc1)N1CC(CO)c2c(I)cccc21. The maximum absolute atomic E-state index is 12.8. The van der Waals surface area contributed by atoms with Gasteiger partial charge in [-0.1, -0.05) is 24.3 Å². The molecule has 0 spiro atoms. The van der Waals surface area contributed by atoms with Crippen molar-refractivity contribution < 1.29 is 13.5 Å². The molecule has 1 unspecified atom stereocenters. The lowest BCUT2D eigenvalue weighted by atomic mass is 10.0. The van der Waals surface area contributed by atoms with Crippen molar-refractivity contribution >= 4 is 38.3 Å². The Balaban J connectivity index is 2.13. The first-order chi connectivity index (χ1) is 10.1. The van der Waals surface area contributed by atoms with Gasteiger partial charge in [-0.3, -0.25) is 4.31 Å². The molecule has 3 rings (SSSR count). The molecule has 1 aliphatic heterocycles. The van der Waals surface area contributed by atoms with Crippen molar-refractivity contribution in [3.8, 4) is 0 Å². The summed E-state index contributed by atoms with van der Waals surface area (Å²) in [5, 5.41) is 9.57. The number of rotatable bonds is 3. The number of halogens is 1. The lowest BCUT2D eigenvalue weighted by Gasteiger charge is -2.20. The van der Waals surface area contributed by atoms with Crippen LogP contribution in [0.25, 0.3) is 0 Å². The van der Waals surface area contributed by atoms with Gasteiger partial charge in [0.15, 0.2) is 0 Å². The molecule has 0 radical (unpaired) electrons. The Hall–Kier alpha value is -1.12. The van der Waals surface area contributed by atoms with E-state index in [0.717, 1.165) is 9.13 Å². The van der Waals surface area contributed by atoms with Gasteiger partial charge in [-0.25, -0.2) is 8.42 Å². The lowest BCUT2D eigenvalue weighted by molar-refractivity contribution is 0.271. The van der Waals surface area contributed by atoms with E-state index in [4.69, 9.17) is 0 Å². The van der Waals surface area contributed by atoms with Crippen molar-refractivity contribution in [2.24, 2.45) is 0 Å². The summed E-state index contributed by atoms with van der Waals surface area (Å²) in [7, 11) is -3.59. The largest absolute Gasteiger partial charge is 0.396 e. The van der Waals surface area contributed by atoms with E-state index in [-0.39, 0.29) is 24.0 Å². The molecule has 1 atom stereocenters. The van der Waals surface area contributed by atoms with E-state index in [1.54, 1.807) is 36.4 Å². The third kappa shape index (κ3) is 2.45. The van der Waals surface area contributed by atoms with Crippen LogP contribution in [-0.4, -0.2) is 26.7 Å². The molecule has 0 saturated carbocycles. The van der Waals surface area contributed by atoms with Crippen LogP contribution in [0.3, 0.4) is 0 Å². The van der Waals surface area contributed by atoms with Crippen LogP contribution in [0.1, 0.15) is 11.5 Å². The van der Waals surface area contributed by atoms with Gasteiger partial charge in [-0.05, 0) is 52.4 Å². The summed E-state index contributed by atoms with van der Waals surface area (Å²) in [5.41, 5.74) is 1.59. The van der Waals surface area contributed by atoms with E-state index >= 15 is 0 Å². The third-order valence-electron chi connectivity index (χ3n) is 3.64. The van der Waals surface area contributed by atoms with Gasteiger partial charge >= 0.3 is 0 Å². The molecule has 0 aliphatic carbocycles. The number of anilines is 1. The van der Waals surface area contributed by atoms with Crippen LogP contribution < -0.4 is 4.31 Å². The first-order valence-corrected chi connectivity index (χ1v) is 9.04. The highest BCUT2D eigenvalue weighted by Crippen LogP contribution is 2.41. The second-order valence-corrected chi connectivity index (χ2v) is 7.93. The first-order valence-electron chi connectivity index (χ1n) is 6.52. The number of aliphatic hydroxyl groups excluding tert-OH is 1. The minimum atomic E-state index is -3.59. The Kier molecular flexibility index (Phi) is 3.94. The second-order valence-electron chi connectivity index (χ2n) is 4.90. The Bertz CT molecular complexity index is 762. The fraction of sp³-hybridized carbons (Fsp3) is 0.200. The molecule has 1 aliphatic rings. The molecule has 2 aromatic carbocycles. The van der Waals surface area contributed by atoms with Crippen LogP contribution in [0.5, 0.6) is 0 Å². The van der Waals surface area contributed by atoms with Crippen molar-refractivity contribution in [1.29, 1.82) is 0 Å². The summed E-state index contributed by atoms with van der Waals surface area (Å²) in [6, 6.07) is 14.0. The van der Waals surface area contributed by atoms with E-state index in [2.05, 4.69) is 22.6 Å². The molecule has 0 amide bonds. The molecular weight excluding hydrogens is 401 g/mol. The van der Waals surface area contributed by atoms with Gasteiger partial charge in [0.25, 0.3) is 10.0 Å². The van der Waals surface area contributed by atoms with E-state index in [0.29, 0.717) is 5.69 Å². The summed E-state index contributed by atoms with van der Waals surface area (Å²) in [5.74, 6) is -0.174. The van der Waals surface area contributed by atoms with Gasteiger partial charge in [-0.2, -0.15) is 0 Å². The zero-order valence-electron chi connectivity index (χ0n) is 11.1. The zero-order chi connectivity index (χ0) is 15.0.